The number of carbonyl (C=O) groups is 1. The van der Waals surface area contributed by atoms with Crippen molar-refractivity contribution < 1.29 is 14.6 Å². The van der Waals surface area contributed by atoms with Gasteiger partial charge >= 0.3 is 6.09 Å². The highest BCUT2D eigenvalue weighted by Gasteiger charge is 2.61. The van der Waals surface area contributed by atoms with Gasteiger partial charge in [-0.3, -0.25) is 4.98 Å². The maximum absolute atomic E-state index is 12.0. The molecule has 0 bridgehead atoms. The van der Waals surface area contributed by atoms with Crippen LogP contribution in [0.5, 0.6) is 0 Å². The van der Waals surface area contributed by atoms with E-state index in [1.807, 2.05) is 26.8 Å². The Morgan fingerprint density at radius 3 is 2.59 bits per heavy atom. The number of aromatic nitrogens is 1. The Morgan fingerprint density at radius 1 is 1.41 bits per heavy atom. The van der Waals surface area contributed by atoms with Crippen LogP contribution in [-0.2, 0) is 10.3 Å². The Bertz CT molecular complexity index is 598. The Hall–Kier alpha value is -1.14. The summed E-state index contributed by atoms with van der Waals surface area (Å²) >= 11 is 3.45. The van der Waals surface area contributed by atoms with Crippen LogP contribution in [0.4, 0.5) is 4.79 Å². The van der Waals surface area contributed by atoms with Gasteiger partial charge in [-0.15, -0.1) is 0 Å². The fraction of sp³-hybridized carbons (Fsp3) is 0.625. The first-order chi connectivity index (χ1) is 10.1. The van der Waals surface area contributed by atoms with Gasteiger partial charge in [-0.2, -0.15) is 0 Å². The van der Waals surface area contributed by atoms with Crippen LogP contribution >= 0.6 is 15.9 Å². The second-order valence-electron chi connectivity index (χ2n) is 7.58. The van der Waals surface area contributed by atoms with Crippen molar-refractivity contribution in [1.29, 1.82) is 0 Å². The van der Waals surface area contributed by atoms with Crippen LogP contribution in [0.2, 0.25) is 0 Å². The number of carbonyl (C=O) groups excluding carboxylic acids is 1. The number of pyridine rings is 1. The molecule has 1 amide bonds. The standard InChI is InChI=1S/C16H21BrN2O3/c1-14(2,3)22-13(20)19-9-15(10-19)7-16(21,8-15)11-4-5-18-6-12(11)17/h4-6,21H,7-10H2,1-3H3. The molecule has 0 radical (unpaired) electrons. The highest BCUT2D eigenvalue weighted by atomic mass is 79.9. The summed E-state index contributed by atoms with van der Waals surface area (Å²) in [5, 5.41) is 10.8. The summed E-state index contributed by atoms with van der Waals surface area (Å²) in [5.74, 6) is 0. The minimum Gasteiger partial charge on any atom is -0.444 e. The van der Waals surface area contributed by atoms with Gasteiger partial charge in [0.2, 0.25) is 0 Å². The second kappa shape index (κ2) is 4.93. The van der Waals surface area contributed by atoms with E-state index in [-0.39, 0.29) is 11.5 Å². The third kappa shape index (κ3) is 2.74. The van der Waals surface area contributed by atoms with Crippen molar-refractivity contribution in [2.24, 2.45) is 5.41 Å². The van der Waals surface area contributed by atoms with Gasteiger partial charge in [0.05, 0.1) is 5.60 Å². The molecule has 0 aromatic carbocycles. The lowest BCUT2D eigenvalue weighted by molar-refractivity contribution is -0.190. The average Bonchev–Trinajstić information content (AvgIpc) is 2.30. The lowest BCUT2D eigenvalue weighted by atomic mass is 9.53. The number of rotatable bonds is 1. The summed E-state index contributed by atoms with van der Waals surface area (Å²) in [6, 6.07) is 1.85. The first-order valence-corrected chi connectivity index (χ1v) is 8.22. The molecular weight excluding hydrogens is 348 g/mol. The molecular formula is C16H21BrN2O3. The number of amides is 1. The van der Waals surface area contributed by atoms with Crippen LogP contribution in [0.15, 0.2) is 22.9 Å². The smallest absolute Gasteiger partial charge is 0.410 e. The highest BCUT2D eigenvalue weighted by molar-refractivity contribution is 9.10. The molecule has 0 unspecified atom stereocenters. The van der Waals surface area contributed by atoms with E-state index >= 15 is 0 Å². The topological polar surface area (TPSA) is 62.7 Å². The van der Waals surface area contributed by atoms with Crippen LogP contribution < -0.4 is 0 Å². The number of likely N-dealkylation sites (tertiary alicyclic amines) is 1. The van der Waals surface area contributed by atoms with Crippen molar-refractivity contribution in [3.63, 3.8) is 0 Å². The molecule has 1 aliphatic carbocycles. The fourth-order valence-electron chi connectivity index (χ4n) is 3.57. The minimum atomic E-state index is -0.818. The van der Waals surface area contributed by atoms with E-state index in [0.29, 0.717) is 25.9 Å². The third-order valence-electron chi connectivity index (χ3n) is 4.31. The van der Waals surface area contributed by atoms with Gasteiger partial charge in [0.1, 0.15) is 5.60 Å². The van der Waals surface area contributed by atoms with Crippen LogP contribution in [0.1, 0.15) is 39.2 Å². The van der Waals surface area contributed by atoms with Crippen LogP contribution in [0.25, 0.3) is 0 Å². The molecule has 1 N–H and O–H groups in total. The molecule has 2 aliphatic rings. The Kier molecular flexibility index (Phi) is 3.53. The molecule has 1 aliphatic heterocycles. The highest BCUT2D eigenvalue weighted by Crippen LogP contribution is 2.59. The van der Waals surface area contributed by atoms with Crippen molar-refractivity contribution in [1.82, 2.24) is 9.88 Å². The van der Waals surface area contributed by atoms with E-state index in [0.717, 1.165) is 10.0 Å². The van der Waals surface area contributed by atoms with Crippen LogP contribution in [-0.4, -0.2) is 39.8 Å². The van der Waals surface area contributed by atoms with E-state index in [9.17, 15) is 9.90 Å². The zero-order chi connectivity index (χ0) is 16.2. The quantitative estimate of drug-likeness (QED) is 0.827. The van der Waals surface area contributed by atoms with Gasteiger partial charge in [0, 0.05) is 40.9 Å². The molecule has 1 saturated heterocycles. The zero-order valence-corrected chi connectivity index (χ0v) is 14.7. The van der Waals surface area contributed by atoms with Crippen LogP contribution in [0, 0.1) is 5.41 Å². The number of halogens is 1. The molecule has 5 nitrogen and oxygen atoms in total. The summed E-state index contributed by atoms with van der Waals surface area (Å²) in [6.45, 7) is 6.91. The molecule has 1 saturated carbocycles. The molecule has 2 heterocycles. The van der Waals surface area contributed by atoms with Gasteiger partial charge < -0.3 is 14.7 Å². The molecule has 120 valence electrons. The maximum Gasteiger partial charge on any atom is 0.410 e. The van der Waals surface area contributed by atoms with Gasteiger partial charge in [-0.05, 0) is 55.6 Å². The van der Waals surface area contributed by atoms with E-state index in [1.165, 1.54) is 0 Å². The maximum atomic E-state index is 12.0. The second-order valence-corrected chi connectivity index (χ2v) is 8.43. The number of ether oxygens (including phenoxy) is 1. The molecule has 2 fully saturated rings. The number of hydrogen-bond acceptors (Lipinski definition) is 4. The number of nitrogens with zero attached hydrogens (tertiary/aromatic N) is 2. The largest absolute Gasteiger partial charge is 0.444 e. The molecule has 0 atom stereocenters. The van der Waals surface area contributed by atoms with E-state index < -0.39 is 11.2 Å². The first kappa shape index (κ1) is 15.7. The van der Waals surface area contributed by atoms with E-state index in [1.54, 1.807) is 17.3 Å². The Morgan fingerprint density at radius 2 is 2.05 bits per heavy atom. The molecule has 3 rings (SSSR count). The number of hydrogen-bond donors (Lipinski definition) is 1. The first-order valence-electron chi connectivity index (χ1n) is 7.43. The molecule has 22 heavy (non-hydrogen) atoms. The predicted molar refractivity (Wildman–Crippen MR) is 85.3 cm³/mol. The summed E-state index contributed by atoms with van der Waals surface area (Å²) in [6.07, 6.45) is 4.46. The van der Waals surface area contributed by atoms with Crippen molar-refractivity contribution in [2.75, 3.05) is 13.1 Å². The summed E-state index contributed by atoms with van der Waals surface area (Å²) in [4.78, 5) is 17.7. The zero-order valence-electron chi connectivity index (χ0n) is 13.1. The average molecular weight is 369 g/mol. The van der Waals surface area contributed by atoms with Crippen molar-refractivity contribution in [3.8, 4) is 0 Å². The monoisotopic (exact) mass is 368 g/mol. The third-order valence-corrected chi connectivity index (χ3v) is 4.94. The molecule has 6 heteroatoms. The van der Waals surface area contributed by atoms with E-state index in [2.05, 4.69) is 20.9 Å². The lowest BCUT2D eigenvalue weighted by Gasteiger charge is -2.62. The summed E-state index contributed by atoms with van der Waals surface area (Å²) in [7, 11) is 0. The summed E-state index contributed by atoms with van der Waals surface area (Å²) in [5.41, 5.74) is -0.373. The van der Waals surface area contributed by atoms with Gasteiger partial charge in [0.25, 0.3) is 0 Å². The minimum absolute atomic E-state index is 0.0361. The molecule has 1 spiro atoms. The lowest BCUT2D eigenvalue weighted by Crippen LogP contribution is -2.68. The van der Waals surface area contributed by atoms with Gasteiger partial charge in [0.15, 0.2) is 0 Å². The molecule has 1 aromatic rings. The predicted octanol–water partition coefficient (Wildman–Crippen LogP) is 3.06. The summed E-state index contributed by atoms with van der Waals surface area (Å²) < 4.78 is 6.20. The SMILES string of the molecule is CC(C)(C)OC(=O)N1CC2(C1)CC(O)(c1ccncc1Br)C2. The fourth-order valence-corrected chi connectivity index (χ4v) is 4.19. The Labute approximate surface area is 138 Å². The van der Waals surface area contributed by atoms with Crippen molar-refractivity contribution >= 4 is 22.0 Å². The normalized spacial score (nSPS) is 22.0. The molecule has 1 aromatic heterocycles. The number of aliphatic hydroxyl groups is 1. The Balaban J connectivity index is 1.59. The van der Waals surface area contributed by atoms with Gasteiger partial charge in [-0.25, -0.2) is 4.79 Å². The van der Waals surface area contributed by atoms with Gasteiger partial charge in [-0.1, -0.05) is 0 Å². The van der Waals surface area contributed by atoms with Crippen molar-refractivity contribution in [3.05, 3.63) is 28.5 Å². The van der Waals surface area contributed by atoms with Crippen LogP contribution in [0.3, 0.4) is 0 Å². The van der Waals surface area contributed by atoms with E-state index in [4.69, 9.17) is 4.74 Å². The van der Waals surface area contributed by atoms with Crippen molar-refractivity contribution in [2.45, 2.75) is 44.8 Å².